The van der Waals surface area contributed by atoms with Gasteiger partial charge in [-0.15, -0.1) is 0 Å². The van der Waals surface area contributed by atoms with Crippen molar-refractivity contribution in [2.45, 2.75) is 19.9 Å². The van der Waals surface area contributed by atoms with Gasteiger partial charge < -0.3 is 19.7 Å². The maximum atomic E-state index is 12.9. The number of anilines is 2. The number of carbonyl (C=O) groups is 1. The Bertz CT molecular complexity index is 1170. The van der Waals surface area contributed by atoms with Gasteiger partial charge in [-0.1, -0.05) is 12.1 Å². The number of ether oxygens (including phenoxy) is 2. The molecule has 1 aliphatic heterocycles. The Morgan fingerprint density at radius 2 is 1.97 bits per heavy atom. The minimum Gasteiger partial charge on any atom is -0.465 e. The molecule has 31 heavy (non-hydrogen) atoms. The molecule has 0 spiro atoms. The third kappa shape index (κ3) is 4.25. The molecule has 1 atom stereocenters. The van der Waals surface area contributed by atoms with E-state index in [0.29, 0.717) is 49.0 Å². The van der Waals surface area contributed by atoms with Gasteiger partial charge in [0.15, 0.2) is 0 Å². The quantitative estimate of drug-likeness (QED) is 0.633. The first-order valence-corrected chi connectivity index (χ1v) is 10.3. The number of fused-ring (bicyclic) bond motifs is 1. The number of methoxy groups -OCH3 is 1. The molecule has 0 bridgehead atoms. The molecule has 1 saturated heterocycles. The number of aryl methyl sites for hydroxylation is 1. The number of carbonyl (C=O) groups excluding carboxylic acids is 1. The predicted octanol–water partition coefficient (Wildman–Crippen LogP) is 2.80. The molecule has 8 heteroatoms. The van der Waals surface area contributed by atoms with Crippen LogP contribution < -0.4 is 15.8 Å². The van der Waals surface area contributed by atoms with Gasteiger partial charge in [-0.25, -0.2) is 9.78 Å². The van der Waals surface area contributed by atoms with Gasteiger partial charge in [-0.3, -0.25) is 9.20 Å². The summed E-state index contributed by atoms with van der Waals surface area (Å²) in [6.45, 7) is 6.55. The van der Waals surface area contributed by atoms with E-state index in [9.17, 15) is 9.59 Å². The standard InChI is InChI=1S/C23H26N4O4/c1-15-12-18(16(2)24-19-7-5-4-6-17(19)23(29)30-3)22-25-20(13-21(28)27(22)14-15)26-8-10-31-11-9-26/h4-7,12-14,16,24H,8-11H2,1-3H3. The van der Waals surface area contributed by atoms with Crippen molar-refractivity contribution in [1.82, 2.24) is 9.38 Å². The second-order valence-corrected chi connectivity index (χ2v) is 7.62. The molecule has 8 nitrogen and oxygen atoms in total. The average molecular weight is 422 g/mol. The molecule has 1 unspecified atom stereocenters. The molecular weight excluding hydrogens is 396 g/mol. The molecule has 1 aromatic carbocycles. The summed E-state index contributed by atoms with van der Waals surface area (Å²) < 4.78 is 11.9. The van der Waals surface area contributed by atoms with Crippen molar-refractivity contribution in [3.8, 4) is 0 Å². The van der Waals surface area contributed by atoms with Crippen molar-refractivity contribution in [3.05, 3.63) is 69.6 Å². The van der Waals surface area contributed by atoms with Crippen molar-refractivity contribution in [2.24, 2.45) is 0 Å². The van der Waals surface area contributed by atoms with E-state index in [4.69, 9.17) is 14.5 Å². The zero-order chi connectivity index (χ0) is 22.0. The first-order valence-electron chi connectivity index (χ1n) is 10.3. The van der Waals surface area contributed by atoms with E-state index in [0.717, 1.165) is 11.1 Å². The lowest BCUT2D eigenvalue weighted by atomic mass is 10.1. The molecule has 1 aliphatic rings. The molecular formula is C23H26N4O4. The van der Waals surface area contributed by atoms with Crippen molar-refractivity contribution in [2.75, 3.05) is 43.6 Å². The summed E-state index contributed by atoms with van der Waals surface area (Å²) in [7, 11) is 1.36. The fourth-order valence-electron chi connectivity index (χ4n) is 3.84. The summed E-state index contributed by atoms with van der Waals surface area (Å²) in [4.78, 5) is 31.9. The van der Waals surface area contributed by atoms with Gasteiger partial charge >= 0.3 is 5.97 Å². The largest absolute Gasteiger partial charge is 0.465 e. The number of aromatic nitrogens is 2. The lowest BCUT2D eigenvalue weighted by molar-refractivity contribution is 0.0602. The number of hydrogen-bond donors (Lipinski definition) is 1. The van der Waals surface area contributed by atoms with Crippen LogP contribution >= 0.6 is 0 Å². The van der Waals surface area contributed by atoms with Crippen molar-refractivity contribution in [1.29, 1.82) is 0 Å². The highest BCUT2D eigenvalue weighted by Crippen LogP contribution is 2.26. The Hall–Kier alpha value is -3.39. The second kappa shape index (κ2) is 8.77. The van der Waals surface area contributed by atoms with E-state index < -0.39 is 5.97 Å². The van der Waals surface area contributed by atoms with Crippen molar-refractivity contribution >= 4 is 23.1 Å². The van der Waals surface area contributed by atoms with E-state index in [1.165, 1.54) is 7.11 Å². The SMILES string of the molecule is COC(=O)c1ccccc1NC(C)c1cc(C)cn2c(=O)cc(N3CCOCC3)nc12. The Labute approximate surface area is 180 Å². The van der Waals surface area contributed by atoms with E-state index in [-0.39, 0.29) is 11.6 Å². The molecule has 0 radical (unpaired) electrons. The second-order valence-electron chi connectivity index (χ2n) is 7.62. The molecule has 0 aliphatic carbocycles. The van der Waals surface area contributed by atoms with Crippen LogP contribution in [0.4, 0.5) is 11.5 Å². The first kappa shape index (κ1) is 20.9. The first-order chi connectivity index (χ1) is 15.0. The predicted molar refractivity (Wildman–Crippen MR) is 119 cm³/mol. The lowest BCUT2D eigenvalue weighted by Gasteiger charge is -2.28. The number of rotatable bonds is 5. The number of benzene rings is 1. The minimum absolute atomic E-state index is 0.126. The number of nitrogens with zero attached hydrogens (tertiary/aromatic N) is 3. The van der Waals surface area contributed by atoms with Crippen LogP contribution in [0.2, 0.25) is 0 Å². The summed E-state index contributed by atoms with van der Waals surface area (Å²) in [5, 5.41) is 3.39. The van der Waals surface area contributed by atoms with Gasteiger partial charge in [-0.05, 0) is 37.6 Å². The van der Waals surface area contributed by atoms with Crippen LogP contribution in [0.5, 0.6) is 0 Å². The Balaban J connectivity index is 1.77. The maximum absolute atomic E-state index is 12.9. The van der Waals surface area contributed by atoms with Gasteiger partial charge in [0.2, 0.25) is 0 Å². The minimum atomic E-state index is -0.409. The molecule has 2 aromatic heterocycles. The summed E-state index contributed by atoms with van der Waals surface area (Å²) in [6, 6.07) is 10.6. The number of hydrogen-bond acceptors (Lipinski definition) is 7. The summed E-state index contributed by atoms with van der Waals surface area (Å²) in [6.07, 6.45) is 1.80. The highest BCUT2D eigenvalue weighted by molar-refractivity contribution is 5.95. The van der Waals surface area contributed by atoms with Crippen molar-refractivity contribution in [3.63, 3.8) is 0 Å². The molecule has 4 rings (SSSR count). The van der Waals surface area contributed by atoms with Crippen LogP contribution in [-0.4, -0.2) is 48.8 Å². The molecule has 0 amide bonds. The molecule has 3 heterocycles. The van der Waals surface area contributed by atoms with Crippen LogP contribution in [0.1, 0.15) is 34.5 Å². The van der Waals surface area contributed by atoms with Gasteiger partial charge in [0.1, 0.15) is 11.5 Å². The highest BCUT2D eigenvalue weighted by atomic mass is 16.5. The highest BCUT2D eigenvalue weighted by Gasteiger charge is 2.19. The zero-order valence-electron chi connectivity index (χ0n) is 17.9. The van der Waals surface area contributed by atoms with E-state index >= 15 is 0 Å². The fourth-order valence-corrected chi connectivity index (χ4v) is 3.84. The lowest BCUT2D eigenvalue weighted by Crippen LogP contribution is -2.37. The number of esters is 1. The van der Waals surface area contributed by atoms with Crippen LogP contribution in [0, 0.1) is 6.92 Å². The zero-order valence-corrected chi connectivity index (χ0v) is 17.9. The summed E-state index contributed by atoms with van der Waals surface area (Å²) >= 11 is 0. The Morgan fingerprint density at radius 1 is 1.23 bits per heavy atom. The smallest absolute Gasteiger partial charge is 0.339 e. The average Bonchev–Trinajstić information content (AvgIpc) is 2.79. The van der Waals surface area contributed by atoms with Crippen LogP contribution in [0.25, 0.3) is 5.65 Å². The Morgan fingerprint density at radius 3 is 2.71 bits per heavy atom. The van der Waals surface area contributed by atoms with E-state index in [2.05, 4.69) is 10.2 Å². The summed E-state index contributed by atoms with van der Waals surface area (Å²) in [5.74, 6) is 0.244. The molecule has 3 aromatic rings. The van der Waals surface area contributed by atoms with Crippen LogP contribution in [-0.2, 0) is 9.47 Å². The van der Waals surface area contributed by atoms with Crippen LogP contribution in [0.15, 0.2) is 47.4 Å². The van der Waals surface area contributed by atoms with Gasteiger partial charge in [0, 0.05) is 36.6 Å². The van der Waals surface area contributed by atoms with E-state index in [1.807, 2.05) is 32.0 Å². The fraction of sp³-hybridized carbons (Fsp3) is 0.348. The number of nitrogens with one attached hydrogen (secondary N) is 1. The van der Waals surface area contributed by atoms with Gasteiger partial charge in [0.05, 0.1) is 31.9 Å². The topological polar surface area (TPSA) is 85.2 Å². The normalized spacial score (nSPS) is 15.0. The molecule has 1 fully saturated rings. The number of pyridine rings is 1. The maximum Gasteiger partial charge on any atom is 0.339 e. The monoisotopic (exact) mass is 422 g/mol. The molecule has 162 valence electrons. The third-order valence-electron chi connectivity index (χ3n) is 5.42. The number of para-hydroxylation sites is 1. The molecule has 0 saturated carbocycles. The number of morpholine rings is 1. The summed E-state index contributed by atoms with van der Waals surface area (Å²) in [5.41, 5.74) is 3.39. The van der Waals surface area contributed by atoms with E-state index in [1.54, 1.807) is 28.8 Å². The van der Waals surface area contributed by atoms with Gasteiger partial charge in [-0.2, -0.15) is 0 Å². The van der Waals surface area contributed by atoms with Crippen LogP contribution in [0.3, 0.4) is 0 Å². The Kier molecular flexibility index (Phi) is 5.90. The molecule has 1 N–H and O–H groups in total. The van der Waals surface area contributed by atoms with Gasteiger partial charge in [0.25, 0.3) is 5.56 Å². The third-order valence-corrected chi connectivity index (χ3v) is 5.42. The van der Waals surface area contributed by atoms with Crippen molar-refractivity contribution < 1.29 is 14.3 Å².